The molecule has 0 saturated heterocycles. The largest absolute Gasteiger partial charge is 0.378 e. The molecule has 1 heterocycles. The number of aromatic amines is 1. The summed E-state index contributed by atoms with van der Waals surface area (Å²) >= 11 is 0. The first kappa shape index (κ1) is 9.75. The normalized spacial score (nSPS) is 9.85. The van der Waals surface area contributed by atoms with Crippen LogP contribution in [0.4, 0.5) is 0 Å². The Labute approximate surface area is 77.8 Å². The molecule has 1 N–H and O–H groups in total. The van der Waals surface area contributed by atoms with Crippen LogP contribution in [0.25, 0.3) is 0 Å². The van der Waals surface area contributed by atoms with Gasteiger partial charge < -0.3 is 4.74 Å². The lowest BCUT2D eigenvalue weighted by Gasteiger charge is -1.98. The van der Waals surface area contributed by atoms with Crippen molar-refractivity contribution in [3.63, 3.8) is 0 Å². The van der Waals surface area contributed by atoms with Gasteiger partial charge in [0.1, 0.15) is 25.4 Å². The monoisotopic (exact) mass is 180 g/mol. The fraction of sp³-hybridized carbons (Fsp3) is 0.556. The first-order chi connectivity index (χ1) is 6.38. The van der Waals surface area contributed by atoms with Crippen molar-refractivity contribution in [2.24, 2.45) is 0 Å². The van der Waals surface area contributed by atoms with Gasteiger partial charge in [-0.2, -0.15) is 5.26 Å². The summed E-state index contributed by atoms with van der Waals surface area (Å²) in [6.45, 7) is 4.20. The van der Waals surface area contributed by atoms with Crippen molar-refractivity contribution in [3.05, 3.63) is 18.2 Å². The Morgan fingerprint density at radius 1 is 1.69 bits per heavy atom. The van der Waals surface area contributed by atoms with E-state index in [1.165, 1.54) is 0 Å². The van der Waals surface area contributed by atoms with E-state index in [-0.39, 0.29) is 0 Å². The van der Waals surface area contributed by atoms with Gasteiger partial charge in [0, 0.05) is 6.61 Å². The van der Waals surface area contributed by atoms with Gasteiger partial charge in [-0.1, -0.05) is 0 Å². The zero-order valence-electron chi connectivity index (χ0n) is 7.79. The summed E-state index contributed by atoms with van der Waals surface area (Å²) in [5.74, 6) is 0.933. The van der Waals surface area contributed by atoms with E-state index in [1.807, 2.05) is 23.9 Å². The quantitative estimate of drug-likeness (QED) is 0.527. The molecule has 1 aromatic heterocycles. The van der Waals surface area contributed by atoms with Crippen LogP contribution in [0.15, 0.2) is 12.4 Å². The third-order valence-electron chi connectivity index (χ3n) is 1.78. The molecular formula is C9H14N3O+. The van der Waals surface area contributed by atoms with Crippen LogP contribution in [0.1, 0.15) is 12.7 Å². The van der Waals surface area contributed by atoms with Gasteiger partial charge in [-0.25, -0.2) is 9.55 Å². The summed E-state index contributed by atoms with van der Waals surface area (Å²) in [6, 6.07) is 2.11. The lowest BCUT2D eigenvalue weighted by molar-refractivity contribution is -0.703. The van der Waals surface area contributed by atoms with Gasteiger partial charge in [-0.15, -0.1) is 0 Å². The number of nitriles is 1. The molecule has 0 aromatic carbocycles. The molecule has 1 rings (SSSR count). The predicted octanol–water partition coefficient (Wildman–Crippen LogP) is 0.405. The molecular weight excluding hydrogens is 166 g/mol. The van der Waals surface area contributed by atoms with E-state index in [0.717, 1.165) is 19.0 Å². The first-order valence-corrected chi connectivity index (χ1v) is 4.39. The molecule has 0 atom stereocenters. The number of H-pyrrole nitrogens is 1. The second kappa shape index (κ2) is 5.33. The molecule has 0 saturated carbocycles. The number of hydrogen-bond acceptors (Lipinski definition) is 2. The molecule has 0 spiro atoms. The number of aromatic nitrogens is 2. The summed E-state index contributed by atoms with van der Waals surface area (Å²) in [4.78, 5) is 3.02. The van der Waals surface area contributed by atoms with Gasteiger partial charge in [0.25, 0.3) is 5.82 Å². The van der Waals surface area contributed by atoms with Gasteiger partial charge >= 0.3 is 0 Å². The van der Waals surface area contributed by atoms with E-state index in [0.29, 0.717) is 13.0 Å². The highest BCUT2D eigenvalue weighted by atomic mass is 16.5. The maximum Gasteiger partial charge on any atom is 0.268 e. The van der Waals surface area contributed by atoms with Gasteiger partial charge in [-0.3, -0.25) is 0 Å². The Kier molecular flexibility index (Phi) is 4.00. The number of imidazole rings is 1. The van der Waals surface area contributed by atoms with Crippen LogP contribution in [-0.4, -0.2) is 18.2 Å². The Morgan fingerprint density at radius 2 is 2.54 bits per heavy atom. The van der Waals surface area contributed by atoms with Crippen LogP contribution >= 0.6 is 0 Å². The standard InChI is InChI=1S/C9H13N3O/c1-2-13-8-7-12-6-5-11-9(12)3-4-10/h5-6H,2-3,7-8H2,1H3/p+1. The fourth-order valence-electron chi connectivity index (χ4n) is 1.14. The van der Waals surface area contributed by atoms with Crippen molar-refractivity contribution in [2.75, 3.05) is 13.2 Å². The summed E-state index contributed by atoms with van der Waals surface area (Å²) in [6.07, 6.45) is 4.17. The molecule has 0 amide bonds. The van der Waals surface area contributed by atoms with E-state index >= 15 is 0 Å². The molecule has 4 heteroatoms. The SMILES string of the molecule is CCOCC[n+]1cc[nH]c1CC#N. The maximum absolute atomic E-state index is 8.52. The van der Waals surface area contributed by atoms with Gasteiger partial charge in [0.2, 0.25) is 0 Å². The minimum atomic E-state index is 0.416. The van der Waals surface area contributed by atoms with Crippen LogP contribution in [-0.2, 0) is 17.7 Å². The van der Waals surface area contributed by atoms with Crippen molar-refractivity contribution in [1.29, 1.82) is 5.26 Å². The second-order valence-corrected chi connectivity index (χ2v) is 2.63. The highest BCUT2D eigenvalue weighted by Gasteiger charge is 2.08. The molecule has 0 aliphatic heterocycles. The molecule has 0 radical (unpaired) electrons. The Bertz CT molecular complexity index is 287. The van der Waals surface area contributed by atoms with E-state index in [2.05, 4.69) is 11.1 Å². The highest BCUT2D eigenvalue weighted by molar-refractivity contribution is 4.88. The first-order valence-electron chi connectivity index (χ1n) is 4.39. The molecule has 4 nitrogen and oxygen atoms in total. The van der Waals surface area contributed by atoms with Gasteiger partial charge in [0.15, 0.2) is 0 Å². The summed E-state index contributed by atoms with van der Waals surface area (Å²) in [7, 11) is 0. The molecule has 0 unspecified atom stereocenters. The third kappa shape index (κ3) is 2.88. The molecule has 0 bridgehead atoms. The smallest absolute Gasteiger partial charge is 0.268 e. The van der Waals surface area contributed by atoms with Crippen LogP contribution in [0.3, 0.4) is 0 Å². The highest BCUT2D eigenvalue weighted by Crippen LogP contribution is 1.87. The molecule has 0 aliphatic rings. The lowest BCUT2D eigenvalue weighted by Crippen LogP contribution is -2.38. The van der Waals surface area contributed by atoms with Crippen LogP contribution in [0.2, 0.25) is 0 Å². The topological polar surface area (TPSA) is 52.7 Å². The fourth-order valence-corrected chi connectivity index (χ4v) is 1.14. The molecule has 1 aromatic rings. The number of ether oxygens (including phenoxy) is 1. The average Bonchev–Trinajstić information content (AvgIpc) is 2.54. The van der Waals surface area contributed by atoms with Gasteiger partial charge in [0.05, 0.1) is 12.7 Å². The van der Waals surface area contributed by atoms with Crippen molar-refractivity contribution >= 4 is 0 Å². The molecule has 13 heavy (non-hydrogen) atoms. The maximum atomic E-state index is 8.52. The number of hydrogen-bond donors (Lipinski definition) is 1. The lowest BCUT2D eigenvalue weighted by atomic mass is 10.4. The minimum Gasteiger partial charge on any atom is -0.378 e. The predicted molar refractivity (Wildman–Crippen MR) is 46.8 cm³/mol. The van der Waals surface area contributed by atoms with Crippen LogP contribution in [0.5, 0.6) is 0 Å². The van der Waals surface area contributed by atoms with Crippen molar-refractivity contribution in [3.8, 4) is 6.07 Å². The number of nitrogens with one attached hydrogen (secondary N) is 1. The summed E-state index contributed by atoms with van der Waals surface area (Å²) < 4.78 is 7.22. The van der Waals surface area contributed by atoms with Crippen LogP contribution < -0.4 is 4.57 Å². The summed E-state index contributed by atoms with van der Waals surface area (Å²) in [5.41, 5.74) is 0. The zero-order valence-corrected chi connectivity index (χ0v) is 7.79. The Morgan fingerprint density at radius 3 is 3.23 bits per heavy atom. The summed E-state index contributed by atoms with van der Waals surface area (Å²) in [5, 5.41) is 8.52. The molecule has 0 aliphatic carbocycles. The third-order valence-corrected chi connectivity index (χ3v) is 1.78. The van der Waals surface area contributed by atoms with Crippen LogP contribution in [0, 0.1) is 11.3 Å². The zero-order chi connectivity index (χ0) is 9.52. The van der Waals surface area contributed by atoms with Gasteiger partial charge in [-0.05, 0) is 6.92 Å². The average molecular weight is 180 g/mol. The second-order valence-electron chi connectivity index (χ2n) is 2.63. The van der Waals surface area contributed by atoms with E-state index in [1.54, 1.807) is 0 Å². The Hall–Kier alpha value is -1.34. The molecule has 70 valence electrons. The Balaban J connectivity index is 2.46. The van der Waals surface area contributed by atoms with E-state index in [4.69, 9.17) is 10.00 Å². The van der Waals surface area contributed by atoms with Crippen molar-refractivity contribution < 1.29 is 9.30 Å². The van der Waals surface area contributed by atoms with Crippen molar-refractivity contribution in [1.82, 2.24) is 4.98 Å². The van der Waals surface area contributed by atoms with E-state index < -0.39 is 0 Å². The minimum absolute atomic E-state index is 0.416. The molecule has 0 fully saturated rings. The van der Waals surface area contributed by atoms with Crippen molar-refractivity contribution in [2.45, 2.75) is 19.9 Å². The van der Waals surface area contributed by atoms with E-state index in [9.17, 15) is 0 Å². The number of nitrogens with zero attached hydrogens (tertiary/aromatic N) is 2. The number of rotatable bonds is 5.